The Morgan fingerprint density at radius 2 is 2.00 bits per heavy atom. The summed E-state index contributed by atoms with van der Waals surface area (Å²) in [5, 5.41) is 13.3. The van der Waals surface area contributed by atoms with Gasteiger partial charge in [-0.05, 0) is 39.7 Å². The van der Waals surface area contributed by atoms with Gasteiger partial charge < -0.3 is 19.9 Å². The van der Waals surface area contributed by atoms with Crippen molar-refractivity contribution in [3.8, 4) is 0 Å². The fourth-order valence-electron chi connectivity index (χ4n) is 2.28. The standard InChI is InChI=1S/C17H25NO4/c1-16(2,3)22-15(20)18-13(14(19)17(4)11-21-17)10-12-8-6-5-7-9-12/h5-9,13-14,19H,10-11H2,1-4H3,(H,18,20)/t13?,14-,17+/m0/s1. The second kappa shape index (κ2) is 6.26. The van der Waals surface area contributed by atoms with Gasteiger partial charge in [0.05, 0.1) is 12.6 Å². The predicted molar refractivity (Wildman–Crippen MR) is 83.7 cm³/mol. The molecule has 5 heteroatoms. The zero-order valence-corrected chi connectivity index (χ0v) is 13.6. The molecule has 1 aromatic carbocycles. The number of epoxide rings is 1. The van der Waals surface area contributed by atoms with Gasteiger partial charge in [0.2, 0.25) is 0 Å². The third-order valence-electron chi connectivity index (χ3n) is 3.61. The smallest absolute Gasteiger partial charge is 0.407 e. The van der Waals surface area contributed by atoms with Gasteiger partial charge in [0.25, 0.3) is 0 Å². The molecule has 122 valence electrons. The highest BCUT2D eigenvalue weighted by Gasteiger charge is 2.50. The van der Waals surface area contributed by atoms with Gasteiger partial charge >= 0.3 is 6.09 Å². The summed E-state index contributed by atoms with van der Waals surface area (Å²) in [5.41, 5.74) is -0.132. The normalized spacial score (nSPS) is 23.5. The maximum absolute atomic E-state index is 12.0. The van der Waals surface area contributed by atoms with Gasteiger partial charge in [-0.25, -0.2) is 4.79 Å². The summed E-state index contributed by atoms with van der Waals surface area (Å²) < 4.78 is 10.6. The Hall–Kier alpha value is -1.59. The molecule has 0 spiro atoms. The van der Waals surface area contributed by atoms with E-state index in [1.54, 1.807) is 20.8 Å². The molecule has 1 saturated heterocycles. The van der Waals surface area contributed by atoms with Gasteiger partial charge in [-0.3, -0.25) is 0 Å². The van der Waals surface area contributed by atoms with Crippen LogP contribution in [-0.2, 0) is 15.9 Å². The van der Waals surface area contributed by atoms with E-state index in [1.807, 2.05) is 37.3 Å². The molecule has 1 aromatic rings. The highest BCUT2D eigenvalue weighted by molar-refractivity contribution is 5.68. The van der Waals surface area contributed by atoms with Crippen LogP contribution in [0.25, 0.3) is 0 Å². The van der Waals surface area contributed by atoms with Gasteiger partial charge in [0, 0.05) is 0 Å². The molecule has 1 aliphatic rings. The molecule has 3 atom stereocenters. The Morgan fingerprint density at radius 1 is 1.41 bits per heavy atom. The minimum atomic E-state index is -0.791. The molecule has 22 heavy (non-hydrogen) atoms. The number of rotatable bonds is 5. The zero-order chi connectivity index (χ0) is 16.4. The average molecular weight is 307 g/mol. The number of carbonyl (C=O) groups excluding carboxylic acids is 1. The number of aliphatic hydroxyl groups is 1. The molecule has 1 unspecified atom stereocenters. The van der Waals surface area contributed by atoms with E-state index in [1.165, 1.54) is 0 Å². The van der Waals surface area contributed by atoms with E-state index in [2.05, 4.69) is 5.32 Å². The Bertz CT molecular complexity index is 505. The van der Waals surface area contributed by atoms with Gasteiger partial charge in [-0.1, -0.05) is 30.3 Å². The number of carbonyl (C=O) groups is 1. The summed E-state index contributed by atoms with van der Waals surface area (Å²) in [6, 6.07) is 9.26. The van der Waals surface area contributed by atoms with Crippen molar-refractivity contribution in [2.45, 2.75) is 57.5 Å². The molecule has 0 saturated carbocycles. The van der Waals surface area contributed by atoms with Crippen LogP contribution >= 0.6 is 0 Å². The molecule has 0 radical (unpaired) electrons. The molecular weight excluding hydrogens is 282 g/mol. The van der Waals surface area contributed by atoms with Crippen molar-refractivity contribution in [1.29, 1.82) is 0 Å². The van der Waals surface area contributed by atoms with E-state index >= 15 is 0 Å². The first-order valence-electron chi connectivity index (χ1n) is 7.55. The number of amides is 1. The van der Waals surface area contributed by atoms with Crippen molar-refractivity contribution in [3.63, 3.8) is 0 Å². The number of hydrogen-bond acceptors (Lipinski definition) is 4. The van der Waals surface area contributed by atoms with Crippen molar-refractivity contribution < 1.29 is 19.4 Å². The third-order valence-corrected chi connectivity index (χ3v) is 3.61. The van der Waals surface area contributed by atoms with Crippen molar-refractivity contribution in [3.05, 3.63) is 35.9 Å². The van der Waals surface area contributed by atoms with Crippen LogP contribution in [0.15, 0.2) is 30.3 Å². The summed E-state index contributed by atoms with van der Waals surface area (Å²) in [4.78, 5) is 12.0. The molecular formula is C17H25NO4. The number of ether oxygens (including phenoxy) is 2. The van der Waals surface area contributed by atoms with E-state index in [4.69, 9.17) is 9.47 Å². The first-order chi connectivity index (χ1) is 10.2. The van der Waals surface area contributed by atoms with Crippen LogP contribution < -0.4 is 5.32 Å². The minimum Gasteiger partial charge on any atom is -0.444 e. The number of alkyl carbamates (subject to hydrolysis) is 1. The number of benzene rings is 1. The van der Waals surface area contributed by atoms with E-state index in [9.17, 15) is 9.90 Å². The van der Waals surface area contributed by atoms with Gasteiger partial charge in [0.15, 0.2) is 0 Å². The van der Waals surface area contributed by atoms with Crippen LogP contribution in [0.5, 0.6) is 0 Å². The lowest BCUT2D eigenvalue weighted by atomic mass is 9.93. The van der Waals surface area contributed by atoms with Crippen molar-refractivity contribution >= 4 is 6.09 Å². The van der Waals surface area contributed by atoms with E-state index < -0.39 is 29.4 Å². The Labute approximate surface area is 131 Å². The largest absolute Gasteiger partial charge is 0.444 e. The monoisotopic (exact) mass is 307 g/mol. The van der Waals surface area contributed by atoms with E-state index in [-0.39, 0.29) is 0 Å². The van der Waals surface area contributed by atoms with E-state index in [0.717, 1.165) is 5.56 Å². The lowest BCUT2D eigenvalue weighted by molar-refractivity contribution is 0.0268. The van der Waals surface area contributed by atoms with E-state index in [0.29, 0.717) is 13.0 Å². The summed E-state index contributed by atoms with van der Waals surface area (Å²) in [5.74, 6) is 0. The molecule has 5 nitrogen and oxygen atoms in total. The van der Waals surface area contributed by atoms with Gasteiger partial charge in [-0.15, -0.1) is 0 Å². The number of nitrogens with one attached hydrogen (secondary N) is 1. The fraction of sp³-hybridized carbons (Fsp3) is 0.588. The fourth-order valence-corrected chi connectivity index (χ4v) is 2.28. The van der Waals surface area contributed by atoms with Crippen LogP contribution in [0.4, 0.5) is 4.79 Å². The number of aliphatic hydroxyl groups excluding tert-OH is 1. The molecule has 0 aromatic heterocycles. The molecule has 0 bridgehead atoms. The highest BCUT2D eigenvalue weighted by Crippen LogP contribution is 2.32. The Morgan fingerprint density at radius 3 is 2.50 bits per heavy atom. The van der Waals surface area contributed by atoms with Crippen molar-refractivity contribution in [1.82, 2.24) is 5.32 Å². The quantitative estimate of drug-likeness (QED) is 0.819. The predicted octanol–water partition coefficient (Wildman–Crippen LogP) is 2.27. The minimum absolute atomic E-state index is 0.468. The van der Waals surface area contributed by atoms with Crippen molar-refractivity contribution in [2.24, 2.45) is 0 Å². The average Bonchev–Trinajstić information content (AvgIpc) is 3.15. The molecule has 1 heterocycles. The first kappa shape index (κ1) is 16.8. The highest BCUT2D eigenvalue weighted by atomic mass is 16.6. The SMILES string of the molecule is CC(C)(C)OC(=O)NC(Cc1ccccc1)[C@H](O)[C@@]1(C)CO1. The van der Waals surface area contributed by atoms with Crippen LogP contribution in [0, 0.1) is 0 Å². The molecule has 2 rings (SSSR count). The second-order valence-corrected chi connectivity index (χ2v) is 6.99. The summed E-state index contributed by atoms with van der Waals surface area (Å²) in [6.45, 7) is 7.75. The third kappa shape index (κ3) is 4.71. The van der Waals surface area contributed by atoms with Gasteiger partial charge in [-0.2, -0.15) is 0 Å². The molecule has 1 fully saturated rings. The summed E-state index contributed by atoms with van der Waals surface area (Å²) >= 11 is 0. The van der Waals surface area contributed by atoms with Crippen LogP contribution in [0.2, 0.25) is 0 Å². The van der Waals surface area contributed by atoms with Crippen LogP contribution in [0.3, 0.4) is 0 Å². The summed E-state index contributed by atoms with van der Waals surface area (Å²) in [7, 11) is 0. The Kier molecular flexibility index (Phi) is 4.78. The lowest BCUT2D eigenvalue weighted by Gasteiger charge is -2.28. The summed E-state index contributed by atoms with van der Waals surface area (Å²) in [6.07, 6.45) is -0.808. The molecule has 1 aliphatic heterocycles. The lowest BCUT2D eigenvalue weighted by Crippen LogP contribution is -2.51. The number of hydrogen-bond donors (Lipinski definition) is 2. The Balaban J connectivity index is 2.06. The zero-order valence-electron chi connectivity index (χ0n) is 13.6. The molecule has 0 aliphatic carbocycles. The maximum atomic E-state index is 12.0. The molecule has 2 N–H and O–H groups in total. The maximum Gasteiger partial charge on any atom is 0.407 e. The second-order valence-electron chi connectivity index (χ2n) is 6.99. The van der Waals surface area contributed by atoms with Crippen LogP contribution in [0.1, 0.15) is 33.3 Å². The first-order valence-corrected chi connectivity index (χ1v) is 7.55. The van der Waals surface area contributed by atoms with Crippen molar-refractivity contribution in [2.75, 3.05) is 6.61 Å². The van der Waals surface area contributed by atoms with Crippen LogP contribution in [-0.4, -0.2) is 41.2 Å². The topological polar surface area (TPSA) is 71.1 Å². The molecule has 1 amide bonds. The van der Waals surface area contributed by atoms with Gasteiger partial charge in [0.1, 0.15) is 17.3 Å².